The summed E-state index contributed by atoms with van der Waals surface area (Å²) in [4.78, 5) is 23.7. The van der Waals surface area contributed by atoms with E-state index < -0.39 is 11.9 Å². The van der Waals surface area contributed by atoms with E-state index in [1.54, 1.807) is 24.3 Å². The molecule has 142 valence electrons. The molecule has 0 heterocycles. The second-order valence-corrected chi connectivity index (χ2v) is 6.32. The molecule has 2 N–H and O–H groups in total. The molecule has 3 rings (SSSR count). The lowest BCUT2D eigenvalue weighted by Gasteiger charge is -2.12. The molecule has 0 fully saturated rings. The number of carbonyl (C=O) groups excluding carboxylic acids is 1. The normalized spacial score (nSPS) is 10.3. The lowest BCUT2D eigenvalue weighted by Crippen LogP contribution is -2.21. The van der Waals surface area contributed by atoms with Crippen LogP contribution in [0, 0.1) is 0 Å². The Balaban J connectivity index is 1.67. The molecule has 0 saturated heterocycles. The Hall–Kier alpha value is -3.60. The summed E-state index contributed by atoms with van der Waals surface area (Å²) in [5.74, 6) is -0.923. The number of nitrogens with one attached hydrogen (secondary N) is 1. The summed E-state index contributed by atoms with van der Waals surface area (Å²) in [6.07, 6.45) is 1.57. The van der Waals surface area contributed by atoms with E-state index in [1.807, 2.05) is 36.4 Å². The number of para-hydroxylation sites is 1. The highest BCUT2D eigenvalue weighted by atomic mass is 16.5. The number of amides is 1. The number of hydrogen-bond donors (Lipinski definition) is 2. The minimum atomic E-state index is -1.09. The first-order chi connectivity index (χ1) is 13.6. The van der Waals surface area contributed by atoms with Crippen molar-refractivity contribution in [1.82, 2.24) is 0 Å². The van der Waals surface area contributed by atoms with Crippen LogP contribution in [-0.2, 0) is 17.6 Å². The van der Waals surface area contributed by atoms with Crippen molar-refractivity contribution in [3.8, 4) is 5.75 Å². The molecule has 0 aromatic heterocycles. The number of aryl methyl sites for hydroxylation is 2. The highest BCUT2D eigenvalue weighted by Crippen LogP contribution is 2.20. The summed E-state index contributed by atoms with van der Waals surface area (Å²) in [6.45, 7) is -0.197. The average molecular weight is 375 g/mol. The summed E-state index contributed by atoms with van der Waals surface area (Å²) in [5.41, 5.74) is 2.48. The lowest BCUT2D eigenvalue weighted by molar-refractivity contribution is -0.118. The predicted molar refractivity (Wildman–Crippen MR) is 108 cm³/mol. The minimum absolute atomic E-state index is 0.0523. The molecule has 0 radical (unpaired) electrons. The van der Waals surface area contributed by atoms with Crippen LogP contribution in [0.4, 0.5) is 5.69 Å². The van der Waals surface area contributed by atoms with Crippen molar-refractivity contribution in [3.05, 3.63) is 95.6 Å². The van der Waals surface area contributed by atoms with Gasteiger partial charge in [-0.2, -0.15) is 0 Å². The van der Waals surface area contributed by atoms with Gasteiger partial charge in [-0.3, -0.25) is 4.79 Å². The summed E-state index contributed by atoms with van der Waals surface area (Å²) >= 11 is 0. The van der Waals surface area contributed by atoms with Crippen LogP contribution in [0.3, 0.4) is 0 Å². The van der Waals surface area contributed by atoms with Crippen LogP contribution in [-0.4, -0.2) is 23.6 Å². The maximum Gasteiger partial charge on any atom is 0.337 e. The van der Waals surface area contributed by atoms with E-state index in [1.165, 1.54) is 11.6 Å². The molecule has 5 heteroatoms. The predicted octanol–water partition coefficient (Wildman–Crippen LogP) is 4.19. The maximum absolute atomic E-state index is 12.2. The van der Waals surface area contributed by atoms with Crippen LogP contribution >= 0.6 is 0 Å². The van der Waals surface area contributed by atoms with Gasteiger partial charge in [-0.25, -0.2) is 4.79 Å². The summed E-state index contributed by atoms with van der Waals surface area (Å²) in [5, 5.41) is 12.1. The number of benzene rings is 3. The van der Waals surface area contributed by atoms with E-state index >= 15 is 0 Å². The molecule has 0 bridgehead atoms. The number of hydrogen-bond acceptors (Lipinski definition) is 3. The molecule has 0 saturated carbocycles. The van der Waals surface area contributed by atoms with Crippen molar-refractivity contribution in [2.75, 3.05) is 11.9 Å². The van der Waals surface area contributed by atoms with Gasteiger partial charge < -0.3 is 15.2 Å². The third kappa shape index (κ3) is 5.45. The van der Waals surface area contributed by atoms with Crippen LogP contribution in [0.2, 0.25) is 0 Å². The number of carbonyl (C=O) groups is 2. The van der Waals surface area contributed by atoms with E-state index in [9.17, 15) is 14.7 Å². The molecule has 1 amide bonds. The van der Waals surface area contributed by atoms with Gasteiger partial charge in [-0.15, -0.1) is 0 Å². The molecule has 0 spiro atoms. The summed E-state index contributed by atoms with van der Waals surface area (Å²) in [7, 11) is 0. The molecule has 0 aliphatic rings. The number of anilines is 1. The SMILES string of the molecule is O=C(COc1ccccc1)Nc1cc(CCc2ccccc2)ccc1C(=O)O. The molecule has 0 unspecified atom stereocenters. The zero-order valence-corrected chi connectivity index (χ0v) is 15.3. The second kappa shape index (κ2) is 9.37. The Morgan fingerprint density at radius 1 is 0.821 bits per heavy atom. The third-order valence-electron chi connectivity index (χ3n) is 4.25. The van der Waals surface area contributed by atoms with Crippen molar-refractivity contribution in [3.63, 3.8) is 0 Å². The fraction of sp³-hybridized carbons (Fsp3) is 0.130. The van der Waals surface area contributed by atoms with E-state index in [0.29, 0.717) is 5.75 Å². The van der Waals surface area contributed by atoms with Gasteiger partial charge in [-0.1, -0.05) is 54.6 Å². The van der Waals surface area contributed by atoms with Crippen LogP contribution in [0.15, 0.2) is 78.9 Å². The monoisotopic (exact) mass is 375 g/mol. The average Bonchev–Trinajstić information content (AvgIpc) is 2.72. The zero-order valence-electron chi connectivity index (χ0n) is 15.3. The van der Waals surface area contributed by atoms with Gasteiger partial charge in [0.05, 0.1) is 11.3 Å². The van der Waals surface area contributed by atoms with E-state index in [2.05, 4.69) is 17.4 Å². The van der Waals surface area contributed by atoms with Gasteiger partial charge >= 0.3 is 5.97 Å². The first kappa shape index (κ1) is 19.2. The van der Waals surface area contributed by atoms with Gasteiger partial charge in [0.1, 0.15) is 5.75 Å². The largest absolute Gasteiger partial charge is 0.484 e. The van der Waals surface area contributed by atoms with Crippen molar-refractivity contribution in [1.29, 1.82) is 0 Å². The molecule has 28 heavy (non-hydrogen) atoms. The number of carboxylic acids is 1. The Morgan fingerprint density at radius 2 is 1.46 bits per heavy atom. The van der Waals surface area contributed by atoms with Crippen molar-refractivity contribution in [2.45, 2.75) is 12.8 Å². The zero-order chi connectivity index (χ0) is 19.8. The Morgan fingerprint density at radius 3 is 2.14 bits per heavy atom. The first-order valence-electron chi connectivity index (χ1n) is 8.99. The van der Waals surface area contributed by atoms with Crippen molar-refractivity contribution >= 4 is 17.6 Å². The third-order valence-corrected chi connectivity index (χ3v) is 4.25. The molecule has 5 nitrogen and oxygen atoms in total. The van der Waals surface area contributed by atoms with Gasteiger partial charge in [0.15, 0.2) is 6.61 Å². The molecular weight excluding hydrogens is 354 g/mol. The molecule has 0 atom stereocenters. The van der Waals surface area contributed by atoms with E-state index in [4.69, 9.17) is 4.74 Å². The van der Waals surface area contributed by atoms with Crippen LogP contribution in [0.5, 0.6) is 5.75 Å². The number of ether oxygens (including phenoxy) is 1. The van der Waals surface area contributed by atoms with E-state index in [0.717, 1.165) is 18.4 Å². The van der Waals surface area contributed by atoms with Crippen LogP contribution in [0.25, 0.3) is 0 Å². The Bertz CT molecular complexity index is 939. The van der Waals surface area contributed by atoms with Gasteiger partial charge in [0.25, 0.3) is 5.91 Å². The quantitative estimate of drug-likeness (QED) is 0.619. The Kier molecular flexibility index (Phi) is 6.41. The van der Waals surface area contributed by atoms with Crippen LogP contribution < -0.4 is 10.1 Å². The first-order valence-corrected chi connectivity index (χ1v) is 8.99. The Labute approximate surface area is 163 Å². The molecule has 0 aliphatic heterocycles. The molecule has 3 aromatic rings. The minimum Gasteiger partial charge on any atom is -0.484 e. The maximum atomic E-state index is 12.2. The van der Waals surface area contributed by atoms with Crippen molar-refractivity contribution < 1.29 is 19.4 Å². The fourth-order valence-corrected chi connectivity index (χ4v) is 2.82. The molecular formula is C23H21NO4. The molecule has 3 aromatic carbocycles. The van der Waals surface area contributed by atoms with Gasteiger partial charge in [0, 0.05) is 0 Å². The van der Waals surface area contributed by atoms with E-state index in [-0.39, 0.29) is 17.9 Å². The number of carboxylic acid groups (broad SMARTS) is 1. The number of aromatic carboxylic acids is 1. The topological polar surface area (TPSA) is 75.6 Å². The summed E-state index contributed by atoms with van der Waals surface area (Å²) in [6, 6.07) is 24.0. The van der Waals surface area contributed by atoms with Crippen LogP contribution in [0.1, 0.15) is 21.5 Å². The summed E-state index contributed by atoms with van der Waals surface area (Å²) < 4.78 is 5.42. The standard InChI is InChI=1S/C23H21NO4/c25-22(16-28-19-9-5-2-6-10-19)24-21-15-18(13-14-20(21)23(26)27)12-11-17-7-3-1-4-8-17/h1-10,13-15H,11-12,16H2,(H,24,25)(H,26,27). The highest BCUT2D eigenvalue weighted by Gasteiger charge is 2.14. The number of rotatable bonds is 8. The van der Waals surface area contributed by atoms with Crippen molar-refractivity contribution in [2.24, 2.45) is 0 Å². The highest BCUT2D eigenvalue weighted by molar-refractivity contribution is 6.01. The lowest BCUT2D eigenvalue weighted by atomic mass is 10.0. The second-order valence-electron chi connectivity index (χ2n) is 6.32. The fourth-order valence-electron chi connectivity index (χ4n) is 2.82. The molecule has 0 aliphatic carbocycles. The van der Waals surface area contributed by atoms with Gasteiger partial charge in [-0.05, 0) is 48.2 Å². The van der Waals surface area contributed by atoms with Gasteiger partial charge in [0.2, 0.25) is 0 Å². The smallest absolute Gasteiger partial charge is 0.337 e.